The highest BCUT2D eigenvalue weighted by atomic mass is 16.1. The molecule has 0 spiro atoms. The van der Waals surface area contributed by atoms with Crippen molar-refractivity contribution < 1.29 is 4.79 Å². The molecular formula is C8H11N3O. The van der Waals surface area contributed by atoms with E-state index in [1.54, 1.807) is 12.3 Å². The first-order valence-corrected chi connectivity index (χ1v) is 3.93. The van der Waals surface area contributed by atoms with Crippen LogP contribution in [0.25, 0.3) is 0 Å². The van der Waals surface area contributed by atoms with Crippen molar-refractivity contribution in [3.05, 3.63) is 12.2 Å². The molecule has 0 aromatic rings. The third kappa shape index (κ3) is 2.72. The average Bonchev–Trinajstić information content (AvgIpc) is 2.53. The quantitative estimate of drug-likeness (QED) is 0.341. The molecule has 1 unspecified atom stereocenters. The molecule has 1 rings (SSSR count). The van der Waals surface area contributed by atoms with Gasteiger partial charge in [-0.25, -0.2) is 0 Å². The zero-order valence-electron chi connectivity index (χ0n) is 6.71. The highest BCUT2D eigenvalue weighted by Crippen LogP contribution is 2.05. The lowest BCUT2D eigenvalue weighted by molar-refractivity contribution is -0.115. The van der Waals surface area contributed by atoms with Gasteiger partial charge in [-0.15, -0.1) is 0 Å². The second kappa shape index (κ2) is 4.52. The fourth-order valence-electron chi connectivity index (χ4n) is 1.18. The average molecular weight is 165 g/mol. The molecule has 4 heteroatoms. The Labute approximate surface area is 71.3 Å². The van der Waals surface area contributed by atoms with Gasteiger partial charge >= 0.3 is 0 Å². The first-order chi connectivity index (χ1) is 5.83. The Morgan fingerprint density at radius 2 is 2.58 bits per heavy atom. The van der Waals surface area contributed by atoms with E-state index in [4.69, 9.17) is 5.26 Å². The fraction of sp³-hybridized carbons (Fsp3) is 0.500. The van der Waals surface area contributed by atoms with E-state index in [2.05, 4.69) is 5.32 Å². The van der Waals surface area contributed by atoms with Gasteiger partial charge in [-0.2, -0.15) is 5.26 Å². The number of hydrogen-bond acceptors (Lipinski definition) is 3. The summed E-state index contributed by atoms with van der Waals surface area (Å²) in [4.78, 5) is 10.8. The van der Waals surface area contributed by atoms with Gasteiger partial charge in [0.25, 0.3) is 5.91 Å². The second-order valence-corrected chi connectivity index (χ2v) is 2.66. The van der Waals surface area contributed by atoms with Crippen molar-refractivity contribution in [3.63, 3.8) is 0 Å². The molecule has 1 saturated heterocycles. The van der Waals surface area contributed by atoms with Gasteiger partial charge in [-0.1, -0.05) is 6.08 Å². The molecule has 12 heavy (non-hydrogen) atoms. The Morgan fingerprint density at radius 3 is 3.17 bits per heavy atom. The van der Waals surface area contributed by atoms with Crippen LogP contribution in [0.2, 0.25) is 0 Å². The second-order valence-electron chi connectivity index (χ2n) is 2.66. The van der Waals surface area contributed by atoms with E-state index in [-0.39, 0.29) is 5.91 Å². The molecule has 0 aromatic heterocycles. The monoisotopic (exact) mass is 165 g/mol. The molecule has 0 saturated carbocycles. The number of amides is 1. The van der Waals surface area contributed by atoms with Gasteiger partial charge in [-0.05, 0) is 19.4 Å². The molecule has 0 aliphatic carbocycles. The van der Waals surface area contributed by atoms with Gasteiger partial charge in [0.2, 0.25) is 0 Å². The molecular weight excluding hydrogens is 154 g/mol. The Balaban J connectivity index is 2.29. The Hall–Kier alpha value is -1.34. The van der Waals surface area contributed by atoms with Crippen molar-refractivity contribution in [2.45, 2.75) is 18.9 Å². The van der Waals surface area contributed by atoms with E-state index >= 15 is 0 Å². The third-order valence-corrected chi connectivity index (χ3v) is 1.76. The minimum absolute atomic E-state index is 0.300. The van der Waals surface area contributed by atoms with Crippen molar-refractivity contribution in [2.24, 2.45) is 0 Å². The third-order valence-electron chi connectivity index (χ3n) is 1.76. The molecule has 1 aliphatic rings. The van der Waals surface area contributed by atoms with Crippen LogP contribution in [0.3, 0.4) is 0 Å². The molecule has 2 N–H and O–H groups in total. The first kappa shape index (κ1) is 8.75. The van der Waals surface area contributed by atoms with Gasteiger partial charge in [0, 0.05) is 12.1 Å². The molecule has 1 aliphatic heterocycles. The predicted molar refractivity (Wildman–Crippen MR) is 43.9 cm³/mol. The number of carbonyl (C=O) groups is 1. The van der Waals surface area contributed by atoms with Crippen LogP contribution in [-0.4, -0.2) is 18.5 Å². The molecule has 0 aromatic carbocycles. The van der Waals surface area contributed by atoms with Gasteiger partial charge in [0.15, 0.2) is 6.19 Å². The van der Waals surface area contributed by atoms with E-state index in [1.807, 2.05) is 5.32 Å². The van der Waals surface area contributed by atoms with Gasteiger partial charge < -0.3 is 5.32 Å². The maximum Gasteiger partial charge on any atom is 0.256 e. The number of nitriles is 1. The largest absolute Gasteiger partial charge is 0.311 e. The van der Waals surface area contributed by atoms with Crippen molar-refractivity contribution in [1.82, 2.24) is 10.6 Å². The number of rotatable bonds is 2. The first-order valence-electron chi connectivity index (χ1n) is 3.93. The molecule has 0 radical (unpaired) electrons. The molecule has 1 amide bonds. The van der Waals surface area contributed by atoms with Crippen molar-refractivity contribution in [2.75, 3.05) is 6.54 Å². The lowest BCUT2D eigenvalue weighted by Gasteiger charge is -2.00. The lowest BCUT2D eigenvalue weighted by Crippen LogP contribution is -2.20. The summed E-state index contributed by atoms with van der Waals surface area (Å²) in [5.41, 5.74) is 0. The minimum Gasteiger partial charge on any atom is -0.311 e. The number of carbonyl (C=O) groups excluding carboxylic acids is 1. The van der Waals surface area contributed by atoms with Crippen LogP contribution in [-0.2, 0) is 4.79 Å². The summed E-state index contributed by atoms with van der Waals surface area (Å²) in [5.74, 6) is -0.355. The van der Waals surface area contributed by atoms with E-state index in [0.717, 1.165) is 19.4 Å². The Morgan fingerprint density at radius 1 is 1.75 bits per heavy atom. The van der Waals surface area contributed by atoms with Crippen LogP contribution < -0.4 is 10.6 Å². The van der Waals surface area contributed by atoms with E-state index in [9.17, 15) is 4.79 Å². The molecule has 1 heterocycles. The van der Waals surface area contributed by atoms with Crippen LogP contribution in [0.4, 0.5) is 0 Å². The number of nitrogens with one attached hydrogen (secondary N) is 2. The molecule has 1 fully saturated rings. The zero-order chi connectivity index (χ0) is 8.81. The van der Waals surface area contributed by atoms with Crippen LogP contribution in [0, 0.1) is 11.5 Å². The summed E-state index contributed by atoms with van der Waals surface area (Å²) < 4.78 is 0. The topological polar surface area (TPSA) is 64.9 Å². The van der Waals surface area contributed by atoms with Crippen LogP contribution >= 0.6 is 0 Å². The molecule has 0 bridgehead atoms. The zero-order valence-corrected chi connectivity index (χ0v) is 6.71. The highest BCUT2D eigenvalue weighted by Gasteiger charge is 2.09. The molecule has 64 valence electrons. The Bertz CT molecular complexity index is 223. The Kier molecular flexibility index (Phi) is 3.30. The standard InChI is InChI=1S/C8H11N3O/c9-6-11-8(12)4-3-7-2-1-5-10-7/h3-4,7,10H,1-2,5H2,(H,11,12). The van der Waals surface area contributed by atoms with Gasteiger partial charge in [0.05, 0.1) is 0 Å². The summed E-state index contributed by atoms with van der Waals surface area (Å²) in [6, 6.07) is 0.300. The number of hydrogen-bond donors (Lipinski definition) is 2. The lowest BCUT2D eigenvalue weighted by atomic mass is 10.2. The van der Waals surface area contributed by atoms with Crippen LogP contribution in [0.5, 0.6) is 0 Å². The normalized spacial score (nSPS) is 22.4. The van der Waals surface area contributed by atoms with Crippen molar-refractivity contribution >= 4 is 5.91 Å². The summed E-state index contributed by atoms with van der Waals surface area (Å²) >= 11 is 0. The SMILES string of the molecule is N#CNC(=O)C=CC1CCCN1. The maximum absolute atomic E-state index is 10.8. The van der Waals surface area contributed by atoms with Gasteiger partial charge in [-0.3, -0.25) is 10.1 Å². The molecule has 1 atom stereocenters. The minimum atomic E-state index is -0.355. The number of nitrogens with zero attached hydrogens (tertiary/aromatic N) is 1. The summed E-state index contributed by atoms with van der Waals surface area (Å²) in [7, 11) is 0. The summed E-state index contributed by atoms with van der Waals surface area (Å²) in [6.07, 6.45) is 6.97. The maximum atomic E-state index is 10.8. The van der Waals surface area contributed by atoms with Crippen molar-refractivity contribution in [1.29, 1.82) is 5.26 Å². The highest BCUT2D eigenvalue weighted by molar-refractivity contribution is 5.88. The van der Waals surface area contributed by atoms with E-state index < -0.39 is 0 Å². The smallest absolute Gasteiger partial charge is 0.256 e. The summed E-state index contributed by atoms with van der Waals surface area (Å²) in [5, 5.41) is 13.3. The molecule has 4 nitrogen and oxygen atoms in total. The van der Waals surface area contributed by atoms with E-state index in [0.29, 0.717) is 6.04 Å². The van der Waals surface area contributed by atoms with Crippen LogP contribution in [0.1, 0.15) is 12.8 Å². The van der Waals surface area contributed by atoms with Gasteiger partial charge in [0.1, 0.15) is 0 Å². The predicted octanol–water partition coefficient (Wildman–Crippen LogP) is -0.108. The van der Waals surface area contributed by atoms with Crippen molar-refractivity contribution in [3.8, 4) is 6.19 Å². The summed E-state index contributed by atoms with van der Waals surface area (Å²) in [6.45, 7) is 1.01. The fourth-order valence-corrected chi connectivity index (χ4v) is 1.18. The van der Waals surface area contributed by atoms with Crippen LogP contribution in [0.15, 0.2) is 12.2 Å². The van der Waals surface area contributed by atoms with E-state index in [1.165, 1.54) is 6.08 Å².